The SMILES string of the molecule is CCC(=O)Nc1ncc(-c2ccc(Cl)c(Cl)c2)n1C. The minimum Gasteiger partial charge on any atom is -0.313 e. The molecule has 4 nitrogen and oxygen atoms in total. The van der Waals surface area contributed by atoms with Crippen molar-refractivity contribution in [2.75, 3.05) is 5.32 Å². The van der Waals surface area contributed by atoms with Crippen molar-refractivity contribution >= 4 is 35.1 Å². The number of carbonyl (C=O) groups is 1. The van der Waals surface area contributed by atoms with Crippen LogP contribution in [0.1, 0.15) is 13.3 Å². The second kappa shape index (κ2) is 5.63. The van der Waals surface area contributed by atoms with E-state index in [1.54, 1.807) is 29.8 Å². The monoisotopic (exact) mass is 297 g/mol. The second-order valence-corrected chi connectivity index (χ2v) is 4.87. The maximum absolute atomic E-state index is 11.4. The fourth-order valence-corrected chi connectivity index (χ4v) is 1.96. The summed E-state index contributed by atoms with van der Waals surface area (Å²) in [6, 6.07) is 5.36. The predicted molar refractivity (Wildman–Crippen MR) is 77.6 cm³/mol. The van der Waals surface area contributed by atoms with E-state index in [0.29, 0.717) is 22.4 Å². The van der Waals surface area contributed by atoms with Gasteiger partial charge in [-0.2, -0.15) is 0 Å². The molecule has 0 aliphatic heterocycles. The zero-order valence-corrected chi connectivity index (χ0v) is 12.1. The number of hydrogen-bond donors (Lipinski definition) is 1. The lowest BCUT2D eigenvalue weighted by Gasteiger charge is -2.07. The van der Waals surface area contributed by atoms with E-state index in [-0.39, 0.29) is 5.91 Å². The van der Waals surface area contributed by atoms with Crippen LogP contribution in [0, 0.1) is 0 Å². The van der Waals surface area contributed by atoms with Crippen LogP contribution >= 0.6 is 23.2 Å². The zero-order valence-electron chi connectivity index (χ0n) is 10.6. The van der Waals surface area contributed by atoms with Gasteiger partial charge in [0.05, 0.1) is 21.9 Å². The van der Waals surface area contributed by atoms with Crippen molar-refractivity contribution in [1.29, 1.82) is 0 Å². The van der Waals surface area contributed by atoms with Gasteiger partial charge in [0.2, 0.25) is 11.9 Å². The first-order valence-corrected chi connectivity index (χ1v) is 6.55. The lowest BCUT2D eigenvalue weighted by molar-refractivity contribution is -0.115. The van der Waals surface area contributed by atoms with E-state index in [0.717, 1.165) is 11.3 Å². The number of carbonyl (C=O) groups excluding carboxylic acids is 1. The van der Waals surface area contributed by atoms with Gasteiger partial charge in [0, 0.05) is 19.0 Å². The summed E-state index contributed by atoms with van der Waals surface area (Å²) in [5.74, 6) is 0.433. The van der Waals surface area contributed by atoms with Gasteiger partial charge in [-0.05, 0) is 12.1 Å². The van der Waals surface area contributed by atoms with Gasteiger partial charge < -0.3 is 4.57 Å². The molecular weight excluding hydrogens is 285 g/mol. The van der Waals surface area contributed by atoms with E-state index in [1.165, 1.54) is 0 Å². The van der Waals surface area contributed by atoms with Gasteiger partial charge in [0.25, 0.3) is 0 Å². The van der Waals surface area contributed by atoms with Crippen LogP contribution < -0.4 is 5.32 Å². The van der Waals surface area contributed by atoms with E-state index in [1.807, 2.05) is 13.1 Å². The van der Waals surface area contributed by atoms with Crippen LogP contribution in [-0.4, -0.2) is 15.5 Å². The molecule has 0 saturated heterocycles. The fraction of sp³-hybridized carbons (Fsp3) is 0.231. The molecule has 0 saturated carbocycles. The summed E-state index contributed by atoms with van der Waals surface area (Å²) in [5.41, 5.74) is 1.74. The van der Waals surface area contributed by atoms with Gasteiger partial charge in [0.1, 0.15) is 0 Å². The molecule has 0 aliphatic carbocycles. The molecule has 0 aliphatic rings. The van der Waals surface area contributed by atoms with Crippen molar-refractivity contribution in [3.05, 3.63) is 34.4 Å². The molecule has 19 heavy (non-hydrogen) atoms. The first-order chi connectivity index (χ1) is 9.02. The van der Waals surface area contributed by atoms with Crippen molar-refractivity contribution in [2.45, 2.75) is 13.3 Å². The molecule has 0 spiro atoms. The Kier molecular flexibility index (Phi) is 4.12. The summed E-state index contributed by atoms with van der Waals surface area (Å²) in [7, 11) is 1.83. The lowest BCUT2D eigenvalue weighted by Crippen LogP contribution is -2.13. The topological polar surface area (TPSA) is 46.9 Å². The van der Waals surface area contributed by atoms with E-state index in [9.17, 15) is 4.79 Å². The minimum atomic E-state index is -0.0746. The van der Waals surface area contributed by atoms with Crippen LogP contribution in [0.3, 0.4) is 0 Å². The van der Waals surface area contributed by atoms with Gasteiger partial charge in [-0.3, -0.25) is 10.1 Å². The number of nitrogens with one attached hydrogen (secondary N) is 1. The Morgan fingerprint density at radius 1 is 1.37 bits per heavy atom. The third-order valence-corrected chi connectivity index (χ3v) is 3.51. The Morgan fingerprint density at radius 2 is 2.11 bits per heavy atom. The van der Waals surface area contributed by atoms with Crippen LogP contribution in [-0.2, 0) is 11.8 Å². The highest BCUT2D eigenvalue weighted by atomic mass is 35.5. The molecule has 1 aromatic carbocycles. The highest BCUT2D eigenvalue weighted by molar-refractivity contribution is 6.42. The molecule has 0 atom stereocenters. The maximum atomic E-state index is 11.4. The predicted octanol–water partition coefficient (Wildman–Crippen LogP) is 3.74. The van der Waals surface area contributed by atoms with Crippen molar-refractivity contribution in [3.63, 3.8) is 0 Å². The molecule has 1 amide bonds. The average Bonchev–Trinajstić information content (AvgIpc) is 2.74. The zero-order chi connectivity index (χ0) is 14.0. The Balaban J connectivity index is 2.35. The summed E-state index contributed by atoms with van der Waals surface area (Å²) in [4.78, 5) is 15.6. The van der Waals surface area contributed by atoms with Gasteiger partial charge in [0.15, 0.2) is 0 Å². The molecule has 0 fully saturated rings. The van der Waals surface area contributed by atoms with Gasteiger partial charge in [-0.25, -0.2) is 4.98 Å². The minimum absolute atomic E-state index is 0.0746. The first-order valence-electron chi connectivity index (χ1n) is 5.80. The van der Waals surface area contributed by atoms with Crippen LogP contribution in [0.5, 0.6) is 0 Å². The summed E-state index contributed by atoms with van der Waals surface area (Å²) >= 11 is 11.9. The summed E-state index contributed by atoms with van der Waals surface area (Å²) in [5, 5.41) is 3.72. The number of nitrogens with zero attached hydrogens (tertiary/aromatic N) is 2. The van der Waals surface area contributed by atoms with E-state index < -0.39 is 0 Å². The van der Waals surface area contributed by atoms with E-state index in [4.69, 9.17) is 23.2 Å². The van der Waals surface area contributed by atoms with Crippen LogP contribution in [0.25, 0.3) is 11.3 Å². The van der Waals surface area contributed by atoms with Crippen LogP contribution in [0.2, 0.25) is 10.0 Å². The average molecular weight is 298 g/mol. The standard InChI is InChI=1S/C13H13Cl2N3O/c1-3-12(19)17-13-16-7-11(18(13)2)8-4-5-9(14)10(15)6-8/h4-7H,3H2,1-2H3,(H,16,17,19). The Bertz CT molecular complexity index is 622. The number of halogens is 2. The number of benzene rings is 1. The summed E-state index contributed by atoms with van der Waals surface area (Å²) < 4.78 is 1.80. The molecule has 6 heteroatoms. The van der Waals surface area contributed by atoms with E-state index in [2.05, 4.69) is 10.3 Å². The number of amides is 1. The molecule has 100 valence electrons. The Labute approximate surface area is 121 Å². The maximum Gasteiger partial charge on any atom is 0.226 e. The first kappa shape index (κ1) is 13.9. The number of hydrogen-bond acceptors (Lipinski definition) is 2. The summed E-state index contributed by atoms with van der Waals surface area (Å²) in [6.07, 6.45) is 2.10. The third-order valence-electron chi connectivity index (χ3n) is 2.78. The molecule has 1 heterocycles. The molecule has 1 N–H and O–H groups in total. The second-order valence-electron chi connectivity index (χ2n) is 4.06. The molecule has 1 aromatic heterocycles. The Hall–Kier alpha value is -1.52. The lowest BCUT2D eigenvalue weighted by atomic mass is 10.2. The smallest absolute Gasteiger partial charge is 0.226 e. The number of aromatic nitrogens is 2. The number of imidazole rings is 1. The largest absolute Gasteiger partial charge is 0.313 e. The Morgan fingerprint density at radius 3 is 2.74 bits per heavy atom. The molecule has 2 aromatic rings. The summed E-state index contributed by atoms with van der Waals surface area (Å²) in [6.45, 7) is 1.79. The van der Waals surface area contributed by atoms with Gasteiger partial charge >= 0.3 is 0 Å². The number of rotatable bonds is 3. The van der Waals surface area contributed by atoms with E-state index >= 15 is 0 Å². The third kappa shape index (κ3) is 2.91. The van der Waals surface area contributed by atoms with Gasteiger partial charge in [-0.15, -0.1) is 0 Å². The molecule has 0 unspecified atom stereocenters. The molecular formula is C13H13Cl2N3O. The van der Waals surface area contributed by atoms with Crippen molar-refractivity contribution in [2.24, 2.45) is 7.05 Å². The van der Waals surface area contributed by atoms with Gasteiger partial charge in [-0.1, -0.05) is 36.2 Å². The molecule has 2 rings (SSSR count). The van der Waals surface area contributed by atoms with Crippen molar-refractivity contribution in [3.8, 4) is 11.3 Å². The van der Waals surface area contributed by atoms with Crippen LogP contribution in [0.4, 0.5) is 5.95 Å². The van der Waals surface area contributed by atoms with Crippen molar-refractivity contribution < 1.29 is 4.79 Å². The normalized spacial score (nSPS) is 10.5. The molecule has 0 radical (unpaired) electrons. The molecule has 0 bridgehead atoms. The fourth-order valence-electron chi connectivity index (χ4n) is 1.66. The quantitative estimate of drug-likeness (QED) is 0.938. The number of anilines is 1. The highest BCUT2D eigenvalue weighted by Crippen LogP contribution is 2.29. The van der Waals surface area contributed by atoms with Crippen molar-refractivity contribution in [1.82, 2.24) is 9.55 Å². The highest BCUT2D eigenvalue weighted by Gasteiger charge is 2.11. The van der Waals surface area contributed by atoms with Crippen LogP contribution in [0.15, 0.2) is 24.4 Å².